The standard InChI is InChI=1S/C14H19NO4/c1-4-10-12-8(5-6-15-10)13(19-3)9(14(16)17)7-11(12)18-2/h7,10,15H,4-6H2,1-3H3,(H,16,17). The summed E-state index contributed by atoms with van der Waals surface area (Å²) in [6.45, 7) is 2.90. The number of rotatable bonds is 4. The molecule has 2 N–H and O–H groups in total. The van der Waals surface area contributed by atoms with Gasteiger partial charge >= 0.3 is 5.97 Å². The number of hydrogen-bond donors (Lipinski definition) is 2. The second kappa shape index (κ2) is 5.48. The number of nitrogens with one attached hydrogen (secondary N) is 1. The van der Waals surface area contributed by atoms with Crippen LogP contribution in [0.4, 0.5) is 0 Å². The lowest BCUT2D eigenvalue weighted by molar-refractivity contribution is 0.0692. The maximum Gasteiger partial charge on any atom is 0.339 e. The van der Waals surface area contributed by atoms with Crippen LogP contribution in [0.3, 0.4) is 0 Å². The SMILES string of the molecule is CCC1NCCc2c(OC)c(C(=O)O)cc(OC)c21. The van der Waals surface area contributed by atoms with Gasteiger partial charge in [-0.05, 0) is 25.5 Å². The largest absolute Gasteiger partial charge is 0.496 e. The van der Waals surface area contributed by atoms with Crippen molar-refractivity contribution in [1.82, 2.24) is 5.32 Å². The first-order valence-corrected chi connectivity index (χ1v) is 6.38. The van der Waals surface area contributed by atoms with E-state index in [-0.39, 0.29) is 11.6 Å². The van der Waals surface area contributed by atoms with Crippen molar-refractivity contribution in [3.8, 4) is 11.5 Å². The Morgan fingerprint density at radius 2 is 2.21 bits per heavy atom. The molecule has 1 aliphatic rings. The van der Waals surface area contributed by atoms with Gasteiger partial charge in [-0.15, -0.1) is 0 Å². The number of carboxylic acid groups (broad SMARTS) is 1. The minimum absolute atomic E-state index is 0.162. The highest BCUT2D eigenvalue weighted by atomic mass is 16.5. The molecule has 0 amide bonds. The van der Waals surface area contributed by atoms with Crippen LogP contribution in [-0.4, -0.2) is 31.8 Å². The van der Waals surface area contributed by atoms with E-state index in [4.69, 9.17) is 9.47 Å². The molecule has 19 heavy (non-hydrogen) atoms. The Bertz CT molecular complexity index is 499. The molecule has 0 bridgehead atoms. The molecule has 1 aromatic carbocycles. The number of fused-ring (bicyclic) bond motifs is 1. The first kappa shape index (κ1) is 13.7. The number of benzene rings is 1. The Morgan fingerprint density at radius 1 is 1.47 bits per heavy atom. The molecule has 1 aliphatic heterocycles. The van der Waals surface area contributed by atoms with Crippen molar-refractivity contribution >= 4 is 5.97 Å². The van der Waals surface area contributed by atoms with Gasteiger partial charge in [0, 0.05) is 17.2 Å². The van der Waals surface area contributed by atoms with Crippen LogP contribution in [0.2, 0.25) is 0 Å². The number of carboxylic acids is 1. The summed E-state index contributed by atoms with van der Waals surface area (Å²) < 4.78 is 10.7. The van der Waals surface area contributed by atoms with E-state index in [2.05, 4.69) is 12.2 Å². The second-order valence-corrected chi connectivity index (χ2v) is 4.52. The van der Waals surface area contributed by atoms with Gasteiger partial charge < -0.3 is 19.9 Å². The molecule has 5 heteroatoms. The minimum atomic E-state index is -0.996. The van der Waals surface area contributed by atoms with Gasteiger partial charge in [-0.2, -0.15) is 0 Å². The number of ether oxygens (including phenoxy) is 2. The fraction of sp³-hybridized carbons (Fsp3) is 0.500. The molecule has 0 aromatic heterocycles. The number of methoxy groups -OCH3 is 2. The Balaban J connectivity index is 2.71. The van der Waals surface area contributed by atoms with E-state index in [1.54, 1.807) is 13.2 Å². The smallest absolute Gasteiger partial charge is 0.339 e. The van der Waals surface area contributed by atoms with E-state index < -0.39 is 5.97 Å². The molecule has 0 radical (unpaired) electrons. The second-order valence-electron chi connectivity index (χ2n) is 4.52. The topological polar surface area (TPSA) is 67.8 Å². The number of aromatic carboxylic acids is 1. The lowest BCUT2D eigenvalue weighted by Gasteiger charge is -2.29. The lowest BCUT2D eigenvalue weighted by atomic mass is 9.89. The maximum absolute atomic E-state index is 11.3. The first-order chi connectivity index (χ1) is 9.13. The molecule has 0 aliphatic carbocycles. The van der Waals surface area contributed by atoms with Crippen LogP contribution < -0.4 is 14.8 Å². The van der Waals surface area contributed by atoms with Crippen molar-refractivity contribution in [3.05, 3.63) is 22.8 Å². The van der Waals surface area contributed by atoms with Crippen LogP contribution in [0.1, 0.15) is 40.9 Å². The molecular weight excluding hydrogens is 246 g/mol. The van der Waals surface area contributed by atoms with Crippen LogP contribution >= 0.6 is 0 Å². The summed E-state index contributed by atoms with van der Waals surface area (Å²) in [5.41, 5.74) is 2.14. The fourth-order valence-electron chi connectivity index (χ4n) is 2.72. The molecule has 1 atom stereocenters. The fourth-order valence-corrected chi connectivity index (χ4v) is 2.72. The Kier molecular flexibility index (Phi) is 3.95. The number of carbonyl (C=O) groups is 1. The van der Waals surface area contributed by atoms with Gasteiger partial charge in [0.15, 0.2) is 0 Å². The molecule has 1 heterocycles. The third kappa shape index (κ3) is 2.26. The third-order valence-electron chi connectivity index (χ3n) is 3.56. The molecule has 0 spiro atoms. The zero-order valence-electron chi connectivity index (χ0n) is 11.4. The summed E-state index contributed by atoms with van der Waals surface area (Å²) in [7, 11) is 3.08. The molecule has 0 fully saturated rings. The van der Waals surface area contributed by atoms with E-state index in [0.29, 0.717) is 11.5 Å². The van der Waals surface area contributed by atoms with Gasteiger partial charge in [-0.3, -0.25) is 0 Å². The minimum Gasteiger partial charge on any atom is -0.496 e. The van der Waals surface area contributed by atoms with Crippen LogP contribution in [0.5, 0.6) is 11.5 Å². The predicted octanol–water partition coefficient (Wildman–Crippen LogP) is 2.00. The van der Waals surface area contributed by atoms with Gasteiger partial charge in [-0.1, -0.05) is 6.92 Å². The van der Waals surface area contributed by atoms with Crippen molar-refractivity contribution in [2.45, 2.75) is 25.8 Å². The van der Waals surface area contributed by atoms with Gasteiger partial charge in [-0.25, -0.2) is 4.79 Å². The molecular formula is C14H19NO4. The highest BCUT2D eigenvalue weighted by Crippen LogP contribution is 2.41. The monoisotopic (exact) mass is 265 g/mol. The number of hydrogen-bond acceptors (Lipinski definition) is 4. The summed E-state index contributed by atoms with van der Waals surface area (Å²) in [5, 5.41) is 12.7. The van der Waals surface area contributed by atoms with Gasteiger partial charge in [0.2, 0.25) is 0 Å². The third-order valence-corrected chi connectivity index (χ3v) is 3.56. The van der Waals surface area contributed by atoms with E-state index >= 15 is 0 Å². The molecule has 104 valence electrons. The highest BCUT2D eigenvalue weighted by Gasteiger charge is 2.29. The van der Waals surface area contributed by atoms with Crippen LogP contribution in [0.15, 0.2) is 6.07 Å². The van der Waals surface area contributed by atoms with Crippen LogP contribution in [0, 0.1) is 0 Å². The lowest BCUT2D eigenvalue weighted by Crippen LogP contribution is -2.30. The zero-order valence-corrected chi connectivity index (χ0v) is 11.4. The summed E-state index contributed by atoms with van der Waals surface area (Å²) in [6.07, 6.45) is 1.66. The Hall–Kier alpha value is -1.75. The molecule has 5 nitrogen and oxygen atoms in total. The molecule has 2 rings (SSSR count). The Morgan fingerprint density at radius 3 is 2.74 bits per heavy atom. The normalized spacial score (nSPS) is 17.7. The van der Waals surface area contributed by atoms with Crippen molar-refractivity contribution in [2.75, 3.05) is 20.8 Å². The van der Waals surface area contributed by atoms with Crippen molar-refractivity contribution < 1.29 is 19.4 Å². The average molecular weight is 265 g/mol. The summed E-state index contributed by atoms with van der Waals surface area (Å²) >= 11 is 0. The zero-order chi connectivity index (χ0) is 14.0. The predicted molar refractivity (Wildman–Crippen MR) is 71.2 cm³/mol. The van der Waals surface area contributed by atoms with Crippen molar-refractivity contribution in [1.29, 1.82) is 0 Å². The molecule has 1 aromatic rings. The molecule has 0 saturated heterocycles. The van der Waals surface area contributed by atoms with Crippen LogP contribution in [0.25, 0.3) is 0 Å². The van der Waals surface area contributed by atoms with Crippen molar-refractivity contribution in [2.24, 2.45) is 0 Å². The average Bonchev–Trinajstić information content (AvgIpc) is 2.44. The van der Waals surface area contributed by atoms with Crippen molar-refractivity contribution in [3.63, 3.8) is 0 Å². The molecule has 0 saturated carbocycles. The quantitative estimate of drug-likeness (QED) is 0.871. The van der Waals surface area contributed by atoms with Gasteiger partial charge in [0.05, 0.1) is 14.2 Å². The van der Waals surface area contributed by atoms with E-state index in [1.165, 1.54) is 7.11 Å². The first-order valence-electron chi connectivity index (χ1n) is 6.38. The Labute approximate surface area is 112 Å². The van der Waals surface area contributed by atoms with E-state index in [1.807, 2.05) is 0 Å². The maximum atomic E-state index is 11.3. The van der Waals surface area contributed by atoms with Gasteiger partial charge in [0.1, 0.15) is 17.1 Å². The highest BCUT2D eigenvalue weighted by molar-refractivity contribution is 5.92. The van der Waals surface area contributed by atoms with E-state index in [9.17, 15) is 9.90 Å². The summed E-state index contributed by atoms with van der Waals surface area (Å²) in [5.74, 6) is 0.0834. The van der Waals surface area contributed by atoms with Crippen LogP contribution in [-0.2, 0) is 6.42 Å². The summed E-state index contributed by atoms with van der Waals surface area (Å²) in [4.78, 5) is 11.3. The van der Waals surface area contributed by atoms with E-state index in [0.717, 1.165) is 30.5 Å². The van der Waals surface area contributed by atoms with Gasteiger partial charge in [0.25, 0.3) is 0 Å². The summed E-state index contributed by atoms with van der Waals surface area (Å²) in [6, 6.07) is 1.73. The molecule has 1 unspecified atom stereocenters.